The maximum atomic E-state index is 12.4. The van der Waals surface area contributed by atoms with Crippen molar-refractivity contribution >= 4 is 5.82 Å². The molecule has 3 heterocycles. The van der Waals surface area contributed by atoms with Gasteiger partial charge >= 0.3 is 0 Å². The molecule has 0 saturated heterocycles. The van der Waals surface area contributed by atoms with Crippen molar-refractivity contribution in [2.75, 3.05) is 5.32 Å². The van der Waals surface area contributed by atoms with Crippen molar-refractivity contribution in [1.82, 2.24) is 24.7 Å². The van der Waals surface area contributed by atoms with E-state index in [1.807, 2.05) is 19.1 Å². The maximum Gasteiger partial charge on any atom is 0.267 e. The minimum absolute atomic E-state index is 0.0474. The molecular formula is C20H22N6O. The number of aromatic nitrogens is 5. The van der Waals surface area contributed by atoms with Crippen LogP contribution >= 0.6 is 0 Å². The molecule has 1 aliphatic rings. The number of anilines is 1. The van der Waals surface area contributed by atoms with Gasteiger partial charge in [0.25, 0.3) is 5.56 Å². The predicted molar refractivity (Wildman–Crippen MR) is 103 cm³/mol. The first-order chi connectivity index (χ1) is 13.2. The molecule has 27 heavy (non-hydrogen) atoms. The third-order valence-corrected chi connectivity index (χ3v) is 4.95. The minimum Gasteiger partial charge on any atom is -0.366 e. The summed E-state index contributed by atoms with van der Waals surface area (Å²) in [5, 5.41) is 8.08. The van der Waals surface area contributed by atoms with Gasteiger partial charge in [0, 0.05) is 36.3 Å². The number of hydrogen-bond acceptors (Lipinski definition) is 6. The van der Waals surface area contributed by atoms with Gasteiger partial charge in [-0.1, -0.05) is 0 Å². The van der Waals surface area contributed by atoms with E-state index in [9.17, 15) is 4.79 Å². The average Bonchev–Trinajstić information content (AvgIpc) is 2.70. The molecule has 138 valence electrons. The Kier molecular flexibility index (Phi) is 4.91. The van der Waals surface area contributed by atoms with E-state index in [2.05, 4.69) is 25.4 Å². The fraction of sp³-hybridized carbons (Fsp3) is 0.350. The van der Waals surface area contributed by atoms with Crippen LogP contribution < -0.4 is 10.9 Å². The van der Waals surface area contributed by atoms with Crippen LogP contribution in [0.1, 0.15) is 37.4 Å². The second-order valence-corrected chi connectivity index (χ2v) is 6.93. The van der Waals surface area contributed by atoms with Crippen LogP contribution in [-0.4, -0.2) is 30.8 Å². The van der Waals surface area contributed by atoms with Gasteiger partial charge in [0.2, 0.25) is 0 Å². The lowest BCUT2D eigenvalue weighted by atomic mass is 9.91. The van der Waals surface area contributed by atoms with Crippen LogP contribution in [0.4, 0.5) is 5.82 Å². The Morgan fingerprint density at radius 3 is 2.52 bits per heavy atom. The lowest BCUT2D eigenvalue weighted by Crippen LogP contribution is -2.33. The van der Waals surface area contributed by atoms with Gasteiger partial charge in [-0.05, 0) is 50.8 Å². The molecule has 0 spiro atoms. The van der Waals surface area contributed by atoms with Crippen molar-refractivity contribution < 1.29 is 0 Å². The summed E-state index contributed by atoms with van der Waals surface area (Å²) in [6, 6.07) is 7.66. The van der Waals surface area contributed by atoms with Gasteiger partial charge in [-0.25, -0.2) is 9.67 Å². The number of nitrogens with one attached hydrogen (secondary N) is 1. The maximum absolute atomic E-state index is 12.4. The smallest absolute Gasteiger partial charge is 0.267 e. The highest BCUT2D eigenvalue weighted by Gasteiger charge is 2.24. The van der Waals surface area contributed by atoms with Crippen LogP contribution in [0.25, 0.3) is 11.3 Å². The van der Waals surface area contributed by atoms with E-state index >= 15 is 0 Å². The second-order valence-electron chi connectivity index (χ2n) is 6.93. The molecule has 0 atom stereocenters. The van der Waals surface area contributed by atoms with Crippen LogP contribution in [0.5, 0.6) is 0 Å². The molecule has 0 bridgehead atoms. The topological polar surface area (TPSA) is 85.6 Å². The highest BCUT2D eigenvalue weighted by molar-refractivity contribution is 5.57. The predicted octanol–water partition coefficient (Wildman–Crippen LogP) is 3.00. The van der Waals surface area contributed by atoms with Gasteiger partial charge in [-0.3, -0.25) is 14.8 Å². The number of nitrogens with zero attached hydrogens (tertiary/aromatic N) is 5. The van der Waals surface area contributed by atoms with E-state index in [0.29, 0.717) is 6.04 Å². The second kappa shape index (κ2) is 7.65. The van der Waals surface area contributed by atoms with E-state index in [1.165, 1.54) is 0 Å². The van der Waals surface area contributed by atoms with Crippen molar-refractivity contribution in [3.05, 3.63) is 65.1 Å². The molecule has 0 aliphatic heterocycles. The Balaban J connectivity index is 1.46. The quantitative estimate of drug-likeness (QED) is 0.768. The molecule has 1 N–H and O–H groups in total. The third-order valence-electron chi connectivity index (χ3n) is 4.95. The zero-order chi connectivity index (χ0) is 18.6. The summed E-state index contributed by atoms with van der Waals surface area (Å²) >= 11 is 0. The minimum atomic E-state index is -0.0474. The van der Waals surface area contributed by atoms with Gasteiger partial charge in [-0.2, -0.15) is 5.10 Å². The lowest BCUT2D eigenvalue weighted by Gasteiger charge is -2.30. The van der Waals surface area contributed by atoms with Gasteiger partial charge in [0.15, 0.2) is 0 Å². The van der Waals surface area contributed by atoms with E-state index in [4.69, 9.17) is 0 Å². The molecule has 3 aromatic rings. The van der Waals surface area contributed by atoms with Crippen LogP contribution in [-0.2, 0) is 0 Å². The van der Waals surface area contributed by atoms with Crippen LogP contribution in [0.2, 0.25) is 0 Å². The first kappa shape index (κ1) is 17.3. The van der Waals surface area contributed by atoms with Gasteiger partial charge in [-0.15, -0.1) is 0 Å². The van der Waals surface area contributed by atoms with Gasteiger partial charge in [0.05, 0.1) is 23.6 Å². The molecular weight excluding hydrogens is 340 g/mol. The molecule has 1 fully saturated rings. The lowest BCUT2D eigenvalue weighted by molar-refractivity contribution is 0.304. The first-order valence-corrected chi connectivity index (χ1v) is 9.24. The standard InChI is InChI=1S/C20H22N6O/c1-14-12-22-13-19(23-14)24-16-2-4-17(5-3-16)26-20(27)7-6-18(25-26)15-8-10-21-11-9-15/h6-13,16-17H,2-5H2,1H3,(H,23,24). The van der Waals surface area contributed by atoms with Crippen LogP contribution in [0.15, 0.2) is 53.8 Å². The Bertz CT molecular complexity index is 963. The monoisotopic (exact) mass is 362 g/mol. The van der Waals surface area contributed by atoms with Gasteiger partial charge < -0.3 is 5.32 Å². The first-order valence-electron chi connectivity index (χ1n) is 9.24. The molecule has 0 unspecified atom stereocenters. The summed E-state index contributed by atoms with van der Waals surface area (Å²) in [7, 11) is 0. The third kappa shape index (κ3) is 4.02. The normalized spacial score (nSPS) is 19.6. The van der Waals surface area contributed by atoms with Gasteiger partial charge in [0.1, 0.15) is 5.82 Å². The summed E-state index contributed by atoms with van der Waals surface area (Å²) in [6.45, 7) is 1.93. The molecule has 0 amide bonds. The Morgan fingerprint density at radius 1 is 1.00 bits per heavy atom. The Labute approximate surface area is 157 Å². The summed E-state index contributed by atoms with van der Waals surface area (Å²) in [4.78, 5) is 25.0. The number of hydrogen-bond donors (Lipinski definition) is 1. The van der Waals surface area contributed by atoms with Crippen molar-refractivity contribution in [2.45, 2.75) is 44.7 Å². The van der Waals surface area contributed by atoms with E-state index in [1.54, 1.807) is 41.6 Å². The van der Waals surface area contributed by atoms with Crippen molar-refractivity contribution in [3.63, 3.8) is 0 Å². The molecule has 0 radical (unpaired) electrons. The SMILES string of the molecule is Cc1cncc(NC2CCC(n3nc(-c4ccncc4)ccc3=O)CC2)n1. The molecule has 7 nitrogen and oxygen atoms in total. The Morgan fingerprint density at radius 2 is 1.78 bits per heavy atom. The fourth-order valence-electron chi connectivity index (χ4n) is 3.57. The molecule has 1 aliphatic carbocycles. The van der Waals surface area contributed by atoms with Crippen molar-refractivity contribution in [2.24, 2.45) is 0 Å². The zero-order valence-electron chi connectivity index (χ0n) is 15.2. The van der Waals surface area contributed by atoms with E-state index in [-0.39, 0.29) is 11.6 Å². The number of rotatable bonds is 4. The summed E-state index contributed by atoms with van der Waals surface area (Å²) in [6.07, 6.45) is 10.7. The zero-order valence-corrected chi connectivity index (χ0v) is 15.2. The number of aryl methyl sites for hydroxylation is 1. The molecule has 4 rings (SSSR count). The van der Waals surface area contributed by atoms with E-state index < -0.39 is 0 Å². The largest absolute Gasteiger partial charge is 0.366 e. The Hall–Kier alpha value is -3.09. The van der Waals surface area contributed by atoms with Crippen LogP contribution in [0, 0.1) is 6.92 Å². The molecule has 3 aromatic heterocycles. The number of pyridine rings is 1. The highest BCUT2D eigenvalue weighted by atomic mass is 16.1. The summed E-state index contributed by atoms with van der Waals surface area (Å²) in [5.74, 6) is 0.813. The van der Waals surface area contributed by atoms with E-state index in [0.717, 1.165) is 48.5 Å². The molecule has 0 aromatic carbocycles. The summed E-state index contributed by atoms with van der Waals surface area (Å²) < 4.78 is 1.65. The van der Waals surface area contributed by atoms with Crippen molar-refractivity contribution in [3.8, 4) is 11.3 Å². The molecule has 1 saturated carbocycles. The van der Waals surface area contributed by atoms with Crippen LogP contribution in [0.3, 0.4) is 0 Å². The average molecular weight is 362 g/mol. The highest BCUT2D eigenvalue weighted by Crippen LogP contribution is 2.29. The molecule has 7 heteroatoms. The summed E-state index contributed by atoms with van der Waals surface area (Å²) in [5.41, 5.74) is 2.62. The van der Waals surface area contributed by atoms with Crippen molar-refractivity contribution in [1.29, 1.82) is 0 Å². The fourth-order valence-corrected chi connectivity index (χ4v) is 3.57.